The van der Waals surface area contributed by atoms with E-state index >= 15 is 0 Å². The van der Waals surface area contributed by atoms with E-state index < -0.39 is 8.32 Å². The Labute approximate surface area is 190 Å². The van der Waals surface area contributed by atoms with Crippen LogP contribution < -0.4 is 0 Å². The van der Waals surface area contributed by atoms with Gasteiger partial charge < -0.3 is 9.16 Å². The van der Waals surface area contributed by atoms with Crippen molar-refractivity contribution in [1.29, 1.82) is 0 Å². The second kappa shape index (κ2) is 8.32. The Morgan fingerprint density at radius 3 is 2.41 bits per heavy atom. The number of halogens is 1. The van der Waals surface area contributed by atoms with Crippen molar-refractivity contribution in [3.8, 4) is 0 Å². The highest BCUT2D eigenvalue weighted by Gasteiger charge is 2.44. The van der Waals surface area contributed by atoms with E-state index in [0.717, 1.165) is 65.7 Å². The summed E-state index contributed by atoms with van der Waals surface area (Å²) in [6.07, 6.45) is 4.82. The predicted molar refractivity (Wildman–Crippen MR) is 128 cm³/mol. The Morgan fingerprint density at radius 1 is 1.24 bits per heavy atom. The van der Waals surface area contributed by atoms with Crippen LogP contribution in [0.25, 0.3) is 0 Å². The van der Waals surface area contributed by atoms with Crippen LogP contribution in [0.2, 0.25) is 18.1 Å². The lowest BCUT2D eigenvalue weighted by atomic mass is 9.74. The average Bonchev–Trinajstić information content (AvgIpc) is 2.59. The molecule has 0 N–H and O–H groups in total. The predicted octanol–water partition coefficient (Wildman–Crippen LogP) is 6.43. The summed E-state index contributed by atoms with van der Waals surface area (Å²) in [5, 5.41) is 0.142. The molecule has 1 aromatic rings. The van der Waals surface area contributed by atoms with Gasteiger partial charge in [-0.3, -0.25) is 9.78 Å². The largest absolute Gasteiger partial charge is 0.410 e. The van der Waals surface area contributed by atoms with Crippen molar-refractivity contribution in [2.75, 3.05) is 13.2 Å². The molecule has 1 aliphatic heterocycles. The third-order valence-corrected chi connectivity index (χ3v) is 12.6. The molecular weight excluding hydrogens is 493 g/mol. The van der Waals surface area contributed by atoms with Crippen LogP contribution in [0.4, 0.5) is 0 Å². The Morgan fingerprint density at radius 2 is 1.86 bits per heavy atom. The highest BCUT2D eigenvalue weighted by molar-refractivity contribution is 14.1. The van der Waals surface area contributed by atoms with Gasteiger partial charge in [0.25, 0.3) is 0 Å². The SMILES string of the molecule is CC1(C)Cc2nc(C3CCOCC3)c(C=O)c(I)c2C(O[Si](C)(C)C(C)(C)C)C1. The lowest BCUT2D eigenvalue weighted by molar-refractivity contribution is 0.0833. The minimum atomic E-state index is -1.96. The quantitative estimate of drug-likeness (QED) is 0.256. The Bertz CT molecular complexity index is 779. The van der Waals surface area contributed by atoms with Crippen molar-refractivity contribution >= 4 is 37.2 Å². The highest BCUT2D eigenvalue weighted by Crippen LogP contribution is 2.49. The monoisotopic (exact) mass is 529 g/mol. The van der Waals surface area contributed by atoms with Crippen LogP contribution in [0.3, 0.4) is 0 Å². The summed E-state index contributed by atoms with van der Waals surface area (Å²) in [5.41, 5.74) is 4.20. The zero-order chi connectivity index (χ0) is 21.6. The van der Waals surface area contributed by atoms with Crippen molar-refractivity contribution in [2.45, 2.75) is 90.5 Å². The molecule has 0 radical (unpaired) electrons. The van der Waals surface area contributed by atoms with Crippen LogP contribution in [0.15, 0.2) is 0 Å². The number of fused-ring (bicyclic) bond motifs is 1. The van der Waals surface area contributed by atoms with Crippen molar-refractivity contribution in [2.24, 2.45) is 5.41 Å². The number of aromatic nitrogens is 1. The molecule has 1 saturated heterocycles. The van der Waals surface area contributed by atoms with Crippen LogP contribution >= 0.6 is 22.6 Å². The van der Waals surface area contributed by atoms with Crippen molar-refractivity contribution in [3.05, 3.63) is 26.1 Å². The molecule has 3 rings (SSSR count). The lowest BCUT2D eigenvalue weighted by Crippen LogP contribution is -2.44. The summed E-state index contributed by atoms with van der Waals surface area (Å²) in [6, 6.07) is 0. The first-order chi connectivity index (χ1) is 13.4. The summed E-state index contributed by atoms with van der Waals surface area (Å²) < 4.78 is 13.5. The normalized spacial score (nSPS) is 23.0. The standard InChI is InChI=1S/C23H36INO3Si/c1-22(2,3)29(6,7)28-18-13-23(4,5)12-17-19(18)20(24)16(14-26)21(25-17)15-8-10-27-11-9-15/h14-15,18H,8-13H2,1-7H3. The summed E-state index contributed by atoms with van der Waals surface area (Å²) in [4.78, 5) is 17.3. The molecule has 0 saturated carbocycles. The number of aldehydes is 1. The van der Waals surface area contributed by atoms with Gasteiger partial charge in [-0.05, 0) is 71.8 Å². The molecule has 1 fully saturated rings. The summed E-state index contributed by atoms with van der Waals surface area (Å²) in [7, 11) is -1.96. The van der Waals surface area contributed by atoms with Gasteiger partial charge in [-0.1, -0.05) is 34.6 Å². The average molecular weight is 530 g/mol. The number of nitrogens with zero attached hydrogens (tertiary/aromatic N) is 1. The summed E-state index contributed by atoms with van der Waals surface area (Å²) >= 11 is 2.38. The second-order valence-electron chi connectivity index (χ2n) is 11.0. The third kappa shape index (κ3) is 4.80. The Hall–Kier alpha value is -0.313. The topological polar surface area (TPSA) is 48.4 Å². The van der Waals surface area contributed by atoms with Gasteiger partial charge in [0.05, 0.1) is 11.8 Å². The van der Waals surface area contributed by atoms with Crippen LogP contribution in [0, 0.1) is 8.99 Å². The summed E-state index contributed by atoms with van der Waals surface area (Å²) in [5.74, 6) is 0.313. The smallest absolute Gasteiger partial charge is 0.192 e. The maximum atomic E-state index is 12.1. The minimum absolute atomic E-state index is 0.0106. The molecule has 4 nitrogen and oxygen atoms in total. The number of ether oxygens (including phenoxy) is 1. The molecule has 1 aliphatic carbocycles. The maximum absolute atomic E-state index is 12.1. The van der Waals surface area contributed by atoms with E-state index in [1.165, 1.54) is 5.56 Å². The number of rotatable bonds is 4. The van der Waals surface area contributed by atoms with E-state index in [1.807, 2.05) is 0 Å². The lowest BCUT2D eigenvalue weighted by Gasteiger charge is -2.44. The molecule has 2 heterocycles. The number of carbonyl (C=O) groups is 1. The fourth-order valence-corrected chi connectivity index (χ4v) is 6.60. The van der Waals surface area contributed by atoms with Crippen molar-refractivity contribution in [3.63, 3.8) is 0 Å². The fourth-order valence-electron chi connectivity index (χ4n) is 4.27. The fraction of sp³-hybridized carbons (Fsp3) is 0.739. The van der Waals surface area contributed by atoms with Crippen molar-refractivity contribution < 1.29 is 14.0 Å². The number of carbonyl (C=O) groups excluding carboxylic acids is 1. The first-order valence-electron chi connectivity index (χ1n) is 10.8. The molecule has 0 aromatic carbocycles. The first kappa shape index (κ1) is 23.4. The zero-order valence-corrected chi connectivity index (χ0v) is 22.2. The zero-order valence-electron chi connectivity index (χ0n) is 19.0. The van der Waals surface area contributed by atoms with Gasteiger partial charge in [-0.15, -0.1) is 0 Å². The molecule has 29 heavy (non-hydrogen) atoms. The molecule has 1 unspecified atom stereocenters. The second-order valence-corrected chi connectivity index (χ2v) is 16.8. The molecule has 2 aliphatic rings. The number of pyridine rings is 1. The van der Waals surface area contributed by atoms with Gasteiger partial charge >= 0.3 is 0 Å². The molecule has 0 spiro atoms. The molecule has 6 heteroatoms. The van der Waals surface area contributed by atoms with E-state index in [9.17, 15) is 4.79 Å². The van der Waals surface area contributed by atoms with Crippen LogP contribution in [0.5, 0.6) is 0 Å². The molecule has 0 amide bonds. The van der Waals surface area contributed by atoms with E-state index in [2.05, 4.69) is 70.3 Å². The van der Waals surface area contributed by atoms with Crippen LogP contribution in [-0.2, 0) is 15.6 Å². The van der Waals surface area contributed by atoms with E-state index in [-0.39, 0.29) is 16.6 Å². The van der Waals surface area contributed by atoms with Gasteiger partial charge in [0.1, 0.15) is 0 Å². The van der Waals surface area contributed by atoms with E-state index in [4.69, 9.17) is 14.1 Å². The van der Waals surface area contributed by atoms with E-state index in [0.29, 0.717) is 5.92 Å². The minimum Gasteiger partial charge on any atom is -0.410 e. The Kier molecular flexibility index (Phi) is 6.70. The van der Waals surface area contributed by atoms with E-state index in [1.54, 1.807) is 0 Å². The number of hydrogen-bond donors (Lipinski definition) is 0. The van der Waals surface area contributed by atoms with Gasteiger partial charge in [0, 0.05) is 39.5 Å². The van der Waals surface area contributed by atoms with Crippen LogP contribution in [-0.4, -0.2) is 32.8 Å². The maximum Gasteiger partial charge on any atom is 0.192 e. The molecule has 1 aromatic heterocycles. The number of hydrogen-bond acceptors (Lipinski definition) is 4. The molecular formula is C23H36INO3Si. The highest BCUT2D eigenvalue weighted by atomic mass is 127. The third-order valence-electron chi connectivity index (χ3n) is 6.99. The summed E-state index contributed by atoms with van der Waals surface area (Å²) in [6.45, 7) is 17.6. The van der Waals surface area contributed by atoms with Crippen molar-refractivity contribution in [1.82, 2.24) is 4.98 Å². The Balaban J connectivity index is 2.10. The van der Waals surface area contributed by atoms with Crippen LogP contribution in [0.1, 0.15) is 93.2 Å². The molecule has 162 valence electrons. The van der Waals surface area contributed by atoms with Gasteiger partial charge in [-0.25, -0.2) is 0 Å². The van der Waals surface area contributed by atoms with Gasteiger partial charge in [0.2, 0.25) is 0 Å². The molecule has 0 bridgehead atoms. The van der Waals surface area contributed by atoms with Gasteiger partial charge in [-0.2, -0.15) is 0 Å². The first-order valence-corrected chi connectivity index (χ1v) is 14.8. The molecule has 1 atom stereocenters. The van der Waals surface area contributed by atoms with Gasteiger partial charge in [0.15, 0.2) is 14.6 Å².